The molecule has 0 aromatic heterocycles. The van der Waals surface area contributed by atoms with Gasteiger partial charge >= 0.3 is 11.9 Å². The van der Waals surface area contributed by atoms with Gasteiger partial charge in [0.15, 0.2) is 0 Å². The first-order valence-corrected chi connectivity index (χ1v) is 13.2. The molecule has 5 atom stereocenters. The van der Waals surface area contributed by atoms with Crippen molar-refractivity contribution in [1.29, 1.82) is 0 Å². The number of hydrogen-bond donors (Lipinski definition) is 1. The molecule has 1 aliphatic heterocycles. The Morgan fingerprint density at radius 1 is 1.23 bits per heavy atom. The van der Waals surface area contributed by atoms with E-state index in [-0.39, 0.29) is 49.0 Å². The molecule has 1 unspecified atom stereocenters. The van der Waals surface area contributed by atoms with E-state index in [0.717, 1.165) is 31.2 Å². The Morgan fingerprint density at radius 2 is 1.94 bits per heavy atom. The number of benzene rings is 1. The van der Waals surface area contributed by atoms with Crippen molar-refractivity contribution < 1.29 is 33.0 Å². The summed E-state index contributed by atoms with van der Waals surface area (Å²) in [6.07, 6.45) is 4.29. The van der Waals surface area contributed by atoms with E-state index in [2.05, 4.69) is 0 Å². The molecule has 0 spiro atoms. The smallest absolute Gasteiger partial charge is 0.306 e. The molecule has 1 saturated heterocycles. The fourth-order valence-corrected chi connectivity index (χ4v) is 5.37. The van der Waals surface area contributed by atoms with Crippen LogP contribution in [0.3, 0.4) is 0 Å². The van der Waals surface area contributed by atoms with E-state index in [0.29, 0.717) is 25.7 Å². The Kier molecular flexibility index (Phi) is 9.82. The molecular weight excluding hydrogens is 454 g/mol. The van der Waals surface area contributed by atoms with Crippen LogP contribution in [0, 0.1) is 17.8 Å². The standard InChI is InChI=1S/C28H40F2O5/c1-3-20(2)18-27(29,30)28(33)16-15-23-22(24(31)17-25(23)35-28)13-9-4-5-10-14-26(32)34-19-21-11-7-6-8-12-21/h6-8,11-12,20,22-23,25,33H,3-5,9-10,13-19H2,1-2H3/t20-,22+,23+,25+,28?/m0/s1. The lowest BCUT2D eigenvalue weighted by molar-refractivity contribution is -0.358. The number of ether oxygens (including phenoxy) is 2. The molecule has 1 aliphatic carbocycles. The molecule has 0 amide bonds. The predicted molar refractivity (Wildman–Crippen MR) is 129 cm³/mol. The molecular formula is C28H40F2O5. The average molecular weight is 495 g/mol. The van der Waals surface area contributed by atoms with Crippen LogP contribution in [-0.4, -0.2) is 34.7 Å². The van der Waals surface area contributed by atoms with Crippen LogP contribution in [0.15, 0.2) is 30.3 Å². The number of carbonyl (C=O) groups is 2. The van der Waals surface area contributed by atoms with E-state index >= 15 is 0 Å². The average Bonchev–Trinajstić information content (AvgIpc) is 3.13. The van der Waals surface area contributed by atoms with Crippen LogP contribution in [0.1, 0.15) is 90.0 Å². The summed E-state index contributed by atoms with van der Waals surface area (Å²) >= 11 is 0. The highest BCUT2D eigenvalue weighted by atomic mass is 19.3. The minimum Gasteiger partial charge on any atom is -0.461 e. The van der Waals surface area contributed by atoms with Gasteiger partial charge in [-0.15, -0.1) is 0 Å². The predicted octanol–water partition coefficient (Wildman–Crippen LogP) is 6.21. The highest BCUT2D eigenvalue weighted by Crippen LogP contribution is 2.50. The van der Waals surface area contributed by atoms with E-state index in [1.807, 2.05) is 37.3 Å². The molecule has 0 bridgehead atoms. The molecule has 0 radical (unpaired) electrons. The van der Waals surface area contributed by atoms with Crippen molar-refractivity contribution in [3.8, 4) is 0 Å². The fourth-order valence-electron chi connectivity index (χ4n) is 5.37. The number of ketones is 1. The summed E-state index contributed by atoms with van der Waals surface area (Å²) in [6, 6.07) is 9.56. The van der Waals surface area contributed by atoms with Gasteiger partial charge in [0.25, 0.3) is 0 Å². The first-order valence-electron chi connectivity index (χ1n) is 13.2. The number of Topliss-reactive ketones (excluding diaryl/α,β-unsaturated/α-hetero) is 1. The minimum atomic E-state index is -3.34. The molecule has 5 nitrogen and oxygen atoms in total. The minimum absolute atomic E-state index is 0.0546. The van der Waals surface area contributed by atoms with Gasteiger partial charge in [-0.1, -0.05) is 69.9 Å². The third-order valence-electron chi connectivity index (χ3n) is 7.74. The topological polar surface area (TPSA) is 72.8 Å². The largest absolute Gasteiger partial charge is 0.461 e. The SMILES string of the molecule is CC[C@H](C)CC(F)(F)C1(O)CC[C@H]2[C@@H](CC(=O)[C@@H]2CCCCCCC(=O)OCc2ccccc2)O1. The van der Waals surface area contributed by atoms with Gasteiger partial charge in [-0.05, 0) is 36.7 Å². The van der Waals surface area contributed by atoms with Gasteiger partial charge in [-0.3, -0.25) is 9.59 Å². The maximum atomic E-state index is 14.8. The molecule has 2 aliphatic rings. The van der Waals surface area contributed by atoms with Gasteiger partial charge < -0.3 is 14.6 Å². The third kappa shape index (κ3) is 7.32. The summed E-state index contributed by atoms with van der Waals surface area (Å²) in [5.74, 6) is -6.49. The quantitative estimate of drug-likeness (QED) is 0.261. The number of rotatable bonds is 13. The molecule has 35 heavy (non-hydrogen) atoms. The van der Waals surface area contributed by atoms with Gasteiger partial charge in [-0.25, -0.2) is 8.78 Å². The van der Waals surface area contributed by atoms with Crippen molar-refractivity contribution >= 4 is 11.8 Å². The fraction of sp³-hybridized carbons (Fsp3) is 0.714. The Morgan fingerprint density at radius 3 is 2.66 bits per heavy atom. The zero-order valence-corrected chi connectivity index (χ0v) is 21.0. The van der Waals surface area contributed by atoms with Crippen LogP contribution in [0.2, 0.25) is 0 Å². The highest BCUT2D eigenvalue weighted by Gasteiger charge is 2.60. The first-order chi connectivity index (χ1) is 16.6. The second kappa shape index (κ2) is 12.4. The number of aliphatic hydroxyl groups is 1. The molecule has 1 saturated carbocycles. The summed E-state index contributed by atoms with van der Waals surface area (Å²) < 4.78 is 40.5. The van der Waals surface area contributed by atoms with Crippen LogP contribution < -0.4 is 0 Å². The molecule has 3 rings (SSSR count). The Balaban J connectivity index is 1.35. The van der Waals surface area contributed by atoms with Crippen LogP contribution in [-0.2, 0) is 25.7 Å². The Hall–Kier alpha value is -1.86. The zero-order valence-electron chi connectivity index (χ0n) is 21.0. The van der Waals surface area contributed by atoms with Crippen molar-refractivity contribution in [2.24, 2.45) is 17.8 Å². The number of halogens is 2. The van der Waals surface area contributed by atoms with Crippen LogP contribution in [0.4, 0.5) is 8.78 Å². The summed E-state index contributed by atoms with van der Waals surface area (Å²) in [5.41, 5.74) is 0.963. The molecule has 1 aromatic rings. The number of fused-ring (bicyclic) bond motifs is 1. The van der Waals surface area contributed by atoms with E-state index in [4.69, 9.17) is 9.47 Å². The van der Waals surface area contributed by atoms with Gasteiger partial charge in [-0.2, -0.15) is 0 Å². The molecule has 1 N–H and O–H groups in total. The second-order valence-electron chi connectivity index (χ2n) is 10.4. The lowest BCUT2D eigenvalue weighted by atomic mass is 9.81. The van der Waals surface area contributed by atoms with Crippen LogP contribution >= 0.6 is 0 Å². The molecule has 2 fully saturated rings. The van der Waals surface area contributed by atoms with E-state index in [9.17, 15) is 23.5 Å². The molecule has 1 aromatic carbocycles. The van der Waals surface area contributed by atoms with Gasteiger partial charge in [0, 0.05) is 31.6 Å². The summed E-state index contributed by atoms with van der Waals surface area (Å²) in [7, 11) is 0. The third-order valence-corrected chi connectivity index (χ3v) is 7.74. The number of hydrogen-bond acceptors (Lipinski definition) is 5. The summed E-state index contributed by atoms with van der Waals surface area (Å²) in [5, 5.41) is 10.7. The van der Waals surface area contributed by atoms with Crippen molar-refractivity contribution in [3.63, 3.8) is 0 Å². The Labute approximate surface area is 207 Å². The maximum Gasteiger partial charge on any atom is 0.306 e. The molecule has 1 heterocycles. The zero-order chi connectivity index (χ0) is 25.5. The highest BCUT2D eigenvalue weighted by molar-refractivity contribution is 5.84. The summed E-state index contributed by atoms with van der Waals surface area (Å²) in [6.45, 7) is 3.87. The normalized spacial score (nSPS) is 27.5. The van der Waals surface area contributed by atoms with Crippen LogP contribution in [0.25, 0.3) is 0 Å². The van der Waals surface area contributed by atoms with Crippen LogP contribution in [0.5, 0.6) is 0 Å². The number of unbranched alkanes of at least 4 members (excludes halogenated alkanes) is 3. The van der Waals surface area contributed by atoms with E-state index < -0.39 is 24.2 Å². The molecule has 7 heteroatoms. The summed E-state index contributed by atoms with van der Waals surface area (Å²) in [4.78, 5) is 24.5. The first kappa shape index (κ1) is 27.7. The van der Waals surface area contributed by atoms with Crippen molar-refractivity contribution in [2.75, 3.05) is 0 Å². The lowest BCUT2D eigenvalue weighted by Crippen LogP contribution is -2.56. The van der Waals surface area contributed by atoms with Gasteiger partial charge in [0.2, 0.25) is 5.79 Å². The number of esters is 1. The van der Waals surface area contributed by atoms with E-state index in [1.165, 1.54) is 0 Å². The molecule has 196 valence electrons. The van der Waals surface area contributed by atoms with Crippen molar-refractivity contribution in [1.82, 2.24) is 0 Å². The van der Waals surface area contributed by atoms with Gasteiger partial charge in [0.1, 0.15) is 12.4 Å². The van der Waals surface area contributed by atoms with E-state index in [1.54, 1.807) is 6.92 Å². The number of carbonyl (C=O) groups excluding carboxylic acids is 2. The maximum absolute atomic E-state index is 14.8. The monoisotopic (exact) mass is 494 g/mol. The second-order valence-corrected chi connectivity index (χ2v) is 10.4. The van der Waals surface area contributed by atoms with Crippen molar-refractivity contribution in [2.45, 2.75) is 109 Å². The lowest BCUT2D eigenvalue weighted by Gasteiger charge is -2.44. The number of alkyl halides is 2. The van der Waals surface area contributed by atoms with Crippen molar-refractivity contribution in [3.05, 3.63) is 35.9 Å². The Bertz CT molecular complexity index is 830. The van der Waals surface area contributed by atoms with Gasteiger partial charge in [0.05, 0.1) is 6.10 Å².